The molecular formula is C27H26N2O3. The summed E-state index contributed by atoms with van der Waals surface area (Å²) in [7, 11) is 0. The summed E-state index contributed by atoms with van der Waals surface area (Å²) in [6.07, 6.45) is 4.02. The minimum Gasteiger partial charge on any atom is -0.494 e. The molecule has 1 aliphatic heterocycles. The van der Waals surface area contributed by atoms with Gasteiger partial charge in [-0.05, 0) is 60.1 Å². The normalized spacial score (nSPS) is 16.7. The van der Waals surface area contributed by atoms with E-state index in [-0.39, 0.29) is 11.9 Å². The fraction of sp³-hybridized carbons (Fsp3) is 0.259. The number of benzene rings is 3. The first kappa shape index (κ1) is 20.3. The van der Waals surface area contributed by atoms with Crippen molar-refractivity contribution in [2.75, 3.05) is 13.2 Å². The van der Waals surface area contributed by atoms with Gasteiger partial charge >= 0.3 is 6.03 Å². The van der Waals surface area contributed by atoms with E-state index in [2.05, 4.69) is 17.4 Å². The zero-order chi connectivity index (χ0) is 22.0. The van der Waals surface area contributed by atoms with Crippen LogP contribution in [0.4, 0.5) is 4.79 Å². The second-order valence-corrected chi connectivity index (χ2v) is 8.36. The van der Waals surface area contributed by atoms with Crippen molar-refractivity contribution in [2.45, 2.75) is 31.2 Å². The summed E-state index contributed by atoms with van der Waals surface area (Å²) in [5, 5.41) is 2.98. The second-order valence-electron chi connectivity index (χ2n) is 8.36. The van der Waals surface area contributed by atoms with Crippen LogP contribution in [0.25, 0.3) is 0 Å². The van der Waals surface area contributed by atoms with E-state index >= 15 is 0 Å². The van der Waals surface area contributed by atoms with E-state index in [0.29, 0.717) is 19.6 Å². The van der Waals surface area contributed by atoms with Gasteiger partial charge in [0.1, 0.15) is 5.75 Å². The van der Waals surface area contributed by atoms with Crippen LogP contribution in [0.5, 0.6) is 5.75 Å². The van der Waals surface area contributed by atoms with E-state index < -0.39 is 5.54 Å². The molecule has 1 fully saturated rings. The third-order valence-electron chi connectivity index (χ3n) is 6.38. The monoisotopic (exact) mass is 426 g/mol. The Balaban J connectivity index is 1.30. The topological polar surface area (TPSA) is 58.6 Å². The number of ether oxygens (including phenoxy) is 1. The molecule has 1 N–H and O–H groups in total. The molecular weight excluding hydrogens is 400 g/mol. The van der Waals surface area contributed by atoms with Crippen LogP contribution in [0.3, 0.4) is 0 Å². The van der Waals surface area contributed by atoms with Crippen LogP contribution in [0, 0.1) is 0 Å². The number of aryl methyl sites for hydroxylation is 2. The van der Waals surface area contributed by atoms with Gasteiger partial charge in [0.2, 0.25) is 0 Å². The standard InChI is InChI=1S/C27H26N2O3/c30-25-27(22-11-3-1-4-12-22,23-13-5-2-6-14-23)28-26(31)29(25)17-8-18-32-24-16-15-20-9-7-10-21(20)19-24/h1-6,11-16,19H,7-10,17-18H2,(H,28,31). The Kier molecular flexibility index (Phi) is 5.39. The van der Waals surface area contributed by atoms with E-state index in [4.69, 9.17) is 4.74 Å². The molecule has 3 aromatic rings. The minimum atomic E-state index is -1.21. The Bertz CT molecular complexity index is 1090. The third kappa shape index (κ3) is 3.54. The summed E-state index contributed by atoms with van der Waals surface area (Å²) in [6, 6.07) is 24.7. The molecule has 0 spiro atoms. The molecule has 0 saturated carbocycles. The molecule has 162 valence electrons. The van der Waals surface area contributed by atoms with E-state index in [0.717, 1.165) is 29.7 Å². The number of nitrogens with one attached hydrogen (secondary N) is 1. The van der Waals surface area contributed by atoms with E-state index in [1.807, 2.05) is 66.7 Å². The van der Waals surface area contributed by atoms with Crippen LogP contribution in [-0.2, 0) is 23.2 Å². The predicted molar refractivity (Wildman–Crippen MR) is 122 cm³/mol. The highest BCUT2D eigenvalue weighted by Crippen LogP contribution is 2.36. The van der Waals surface area contributed by atoms with Gasteiger partial charge < -0.3 is 10.1 Å². The molecule has 3 aromatic carbocycles. The summed E-state index contributed by atoms with van der Waals surface area (Å²) in [5.74, 6) is 0.600. The van der Waals surface area contributed by atoms with Gasteiger partial charge in [-0.3, -0.25) is 9.69 Å². The Morgan fingerprint density at radius 2 is 1.50 bits per heavy atom. The highest BCUT2D eigenvalue weighted by molar-refractivity contribution is 6.09. The SMILES string of the molecule is O=C1NC(c2ccccc2)(c2ccccc2)C(=O)N1CCCOc1ccc2c(c1)CCC2. The number of urea groups is 1. The number of amides is 3. The van der Waals surface area contributed by atoms with Crippen LogP contribution in [-0.4, -0.2) is 30.0 Å². The van der Waals surface area contributed by atoms with E-state index in [1.54, 1.807) is 0 Å². The summed E-state index contributed by atoms with van der Waals surface area (Å²) in [5.41, 5.74) is 3.07. The average molecular weight is 427 g/mol. The molecule has 0 atom stereocenters. The van der Waals surface area contributed by atoms with Gasteiger partial charge in [-0.25, -0.2) is 4.79 Å². The Hall–Kier alpha value is -3.60. The van der Waals surface area contributed by atoms with Crippen molar-refractivity contribution in [2.24, 2.45) is 0 Å². The second kappa shape index (κ2) is 8.50. The molecule has 0 aromatic heterocycles. The molecule has 0 radical (unpaired) electrons. The average Bonchev–Trinajstić information content (AvgIpc) is 3.40. The zero-order valence-electron chi connectivity index (χ0n) is 17.9. The fourth-order valence-electron chi connectivity index (χ4n) is 4.76. The molecule has 0 bridgehead atoms. The summed E-state index contributed by atoms with van der Waals surface area (Å²) in [4.78, 5) is 27.8. The van der Waals surface area contributed by atoms with Crippen molar-refractivity contribution in [3.05, 3.63) is 101 Å². The van der Waals surface area contributed by atoms with Gasteiger partial charge in [-0.2, -0.15) is 0 Å². The first-order valence-electron chi connectivity index (χ1n) is 11.2. The highest BCUT2D eigenvalue weighted by atomic mass is 16.5. The maximum Gasteiger partial charge on any atom is 0.325 e. The Morgan fingerprint density at radius 3 is 2.19 bits per heavy atom. The maximum absolute atomic E-state index is 13.6. The lowest BCUT2D eigenvalue weighted by Crippen LogP contribution is -2.45. The van der Waals surface area contributed by atoms with Crippen molar-refractivity contribution < 1.29 is 14.3 Å². The lowest BCUT2D eigenvalue weighted by atomic mass is 9.82. The molecule has 32 heavy (non-hydrogen) atoms. The molecule has 5 heteroatoms. The Labute approximate surface area is 188 Å². The molecule has 1 heterocycles. The van der Waals surface area contributed by atoms with Gasteiger partial charge in [-0.15, -0.1) is 0 Å². The highest BCUT2D eigenvalue weighted by Gasteiger charge is 2.53. The molecule has 0 unspecified atom stereocenters. The minimum absolute atomic E-state index is 0.252. The van der Waals surface area contributed by atoms with Crippen molar-refractivity contribution >= 4 is 11.9 Å². The number of carbonyl (C=O) groups excluding carboxylic acids is 2. The van der Waals surface area contributed by atoms with Gasteiger partial charge in [-0.1, -0.05) is 66.7 Å². The summed E-state index contributed by atoms with van der Waals surface area (Å²) in [6.45, 7) is 0.747. The maximum atomic E-state index is 13.6. The van der Waals surface area contributed by atoms with Gasteiger partial charge in [0, 0.05) is 6.54 Å². The third-order valence-corrected chi connectivity index (χ3v) is 6.38. The number of carbonyl (C=O) groups is 2. The number of nitrogens with zero attached hydrogens (tertiary/aromatic N) is 1. The van der Waals surface area contributed by atoms with Crippen molar-refractivity contribution in [1.29, 1.82) is 0 Å². The van der Waals surface area contributed by atoms with E-state index in [9.17, 15) is 9.59 Å². The van der Waals surface area contributed by atoms with Crippen LogP contribution < -0.4 is 10.1 Å². The molecule has 3 amide bonds. The molecule has 1 aliphatic carbocycles. The number of imide groups is 1. The summed E-state index contributed by atoms with van der Waals surface area (Å²) >= 11 is 0. The molecule has 5 nitrogen and oxygen atoms in total. The van der Waals surface area contributed by atoms with Crippen LogP contribution in [0.1, 0.15) is 35.1 Å². The Morgan fingerprint density at radius 1 is 0.844 bits per heavy atom. The first-order chi connectivity index (χ1) is 15.7. The lowest BCUT2D eigenvalue weighted by molar-refractivity contribution is -0.130. The van der Waals surface area contributed by atoms with Crippen molar-refractivity contribution in [3.63, 3.8) is 0 Å². The smallest absolute Gasteiger partial charge is 0.325 e. The number of hydrogen-bond donors (Lipinski definition) is 1. The molecule has 1 saturated heterocycles. The van der Waals surface area contributed by atoms with Crippen molar-refractivity contribution in [1.82, 2.24) is 10.2 Å². The van der Waals surface area contributed by atoms with E-state index in [1.165, 1.54) is 22.4 Å². The van der Waals surface area contributed by atoms with Crippen LogP contribution in [0.2, 0.25) is 0 Å². The molecule has 2 aliphatic rings. The molecule has 5 rings (SSSR count). The van der Waals surface area contributed by atoms with Crippen LogP contribution in [0.15, 0.2) is 78.9 Å². The van der Waals surface area contributed by atoms with Gasteiger partial charge in [0.15, 0.2) is 5.54 Å². The largest absolute Gasteiger partial charge is 0.494 e. The van der Waals surface area contributed by atoms with Crippen LogP contribution >= 0.6 is 0 Å². The summed E-state index contributed by atoms with van der Waals surface area (Å²) < 4.78 is 5.91. The quantitative estimate of drug-likeness (QED) is 0.449. The fourth-order valence-corrected chi connectivity index (χ4v) is 4.76. The van der Waals surface area contributed by atoms with Gasteiger partial charge in [0.25, 0.3) is 5.91 Å². The number of fused-ring (bicyclic) bond motifs is 1. The zero-order valence-corrected chi connectivity index (χ0v) is 17.9. The lowest BCUT2D eigenvalue weighted by Gasteiger charge is -2.28. The predicted octanol–water partition coefficient (Wildman–Crippen LogP) is 4.44. The first-order valence-corrected chi connectivity index (χ1v) is 11.2. The number of hydrogen-bond acceptors (Lipinski definition) is 3. The van der Waals surface area contributed by atoms with Gasteiger partial charge in [0.05, 0.1) is 6.61 Å². The van der Waals surface area contributed by atoms with Crippen molar-refractivity contribution in [3.8, 4) is 5.75 Å². The number of rotatable bonds is 7.